The van der Waals surface area contributed by atoms with Gasteiger partial charge >= 0.3 is 0 Å². The number of fused-ring (bicyclic) bond motifs is 1. The Hall–Kier alpha value is -3.78. The van der Waals surface area contributed by atoms with Gasteiger partial charge in [0.1, 0.15) is 17.3 Å². The summed E-state index contributed by atoms with van der Waals surface area (Å²) in [5, 5.41) is 4.43. The van der Waals surface area contributed by atoms with Crippen LogP contribution in [0.25, 0.3) is 22.0 Å². The normalized spacial score (nSPS) is 14.5. The van der Waals surface area contributed by atoms with Gasteiger partial charge in [0.2, 0.25) is 5.78 Å². The molecule has 1 aliphatic rings. The van der Waals surface area contributed by atoms with E-state index in [0.717, 1.165) is 54.6 Å². The number of para-hydroxylation sites is 1. The fourth-order valence-corrected chi connectivity index (χ4v) is 3.95. The Balaban J connectivity index is 0.00000153. The number of anilines is 2. The van der Waals surface area contributed by atoms with Gasteiger partial charge in [-0.2, -0.15) is 0 Å². The Bertz CT molecular complexity index is 1250. The number of ketones is 1. The van der Waals surface area contributed by atoms with Gasteiger partial charge in [-0.3, -0.25) is 9.78 Å². The fourth-order valence-electron chi connectivity index (χ4n) is 3.95. The van der Waals surface area contributed by atoms with Crippen LogP contribution >= 0.6 is 0 Å². The van der Waals surface area contributed by atoms with E-state index in [1.165, 1.54) is 6.20 Å². The molecule has 0 spiro atoms. The molecule has 0 amide bonds. The number of H-pyrrole nitrogens is 1. The molecule has 0 bridgehead atoms. The number of nitrogens with zero attached hydrogens (tertiary/aromatic N) is 4. The molecule has 31 heavy (non-hydrogen) atoms. The number of aromatic amines is 1. The number of pyridine rings is 1. The van der Waals surface area contributed by atoms with Gasteiger partial charge in [-0.05, 0) is 25.1 Å². The van der Waals surface area contributed by atoms with Crippen LogP contribution in [0.15, 0.2) is 55.1 Å². The highest BCUT2D eigenvalue weighted by Crippen LogP contribution is 2.30. The highest BCUT2D eigenvalue weighted by molar-refractivity contribution is 6.11. The summed E-state index contributed by atoms with van der Waals surface area (Å²) in [7, 11) is 0. The van der Waals surface area contributed by atoms with Gasteiger partial charge in [-0.15, -0.1) is 0 Å². The quantitative estimate of drug-likeness (QED) is 0.437. The molecule has 0 aliphatic carbocycles. The van der Waals surface area contributed by atoms with Crippen molar-refractivity contribution < 1.29 is 7.65 Å². The van der Waals surface area contributed by atoms with E-state index in [2.05, 4.69) is 30.2 Å². The second-order valence-electron chi connectivity index (χ2n) is 7.59. The molecule has 3 aromatic heterocycles. The number of hydrogen-bond acceptors (Lipinski definition) is 7. The van der Waals surface area contributed by atoms with Crippen molar-refractivity contribution in [3.8, 4) is 11.1 Å². The van der Waals surface area contributed by atoms with E-state index in [9.17, 15) is 4.79 Å². The molecular formula is C23H27N7O. The molecule has 8 nitrogen and oxygen atoms in total. The molecule has 0 saturated carbocycles. The number of carbonyl (C=O) groups excluding carboxylic acids is 1. The minimum atomic E-state index is -0.283. The predicted octanol–water partition coefficient (Wildman–Crippen LogP) is 3.12. The molecule has 4 N–H and O–H groups in total. The van der Waals surface area contributed by atoms with Crippen LogP contribution in [-0.2, 0) is 0 Å². The molecule has 4 aromatic rings. The number of nitrogens with two attached hydrogens (primary N) is 1. The zero-order valence-electron chi connectivity index (χ0n) is 17.0. The Morgan fingerprint density at radius 1 is 1.13 bits per heavy atom. The first-order chi connectivity index (χ1) is 15.2. The summed E-state index contributed by atoms with van der Waals surface area (Å²) >= 11 is 0. The van der Waals surface area contributed by atoms with Gasteiger partial charge in [0.25, 0.3) is 0 Å². The third-order valence-corrected chi connectivity index (χ3v) is 5.58. The predicted molar refractivity (Wildman–Crippen MR) is 125 cm³/mol. The van der Waals surface area contributed by atoms with Gasteiger partial charge < -0.3 is 20.9 Å². The number of rotatable bonds is 4. The lowest BCUT2D eigenvalue weighted by molar-refractivity contribution is 0.103. The first-order valence-electron chi connectivity index (χ1n) is 10.3. The van der Waals surface area contributed by atoms with Crippen molar-refractivity contribution in [1.29, 1.82) is 0 Å². The Morgan fingerprint density at radius 2 is 2.03 bits per heavy atom. The van der Waals surface area contributed by atoms with Gasteiger partial charge in [-0.1, -0.05) is 18.2 Å². The van der Waals surface area contributed by atoms with Crippen LogP contribution in [0.5, 0.6) is 0 Å². The number of carbonyl (C=O) groups is 1. The first kappa shape index (κ1) is 19.2. The van der Waals surface area contributed by atoms with E-state index in [4.69, 9.17) is 5.73 Å². The lowest BCUT2D eigenvalue weighted by atomic mass is 10.0. The summed E-state index contributed by atoms with van der Waals surface area (Å²) in [4.78, 5) is 31.8. The van der Waals surface area contributed by atoms with Gasteiger partial charge in [0.15, 0.2) is 0 Å². The zero-order chi connectivity index (χ0) is 21.2. The van der Waals surface area contributed by atoms with Crippen LogP contribution < -0.4 is 16.0 Å². The van der Waals surface area contributed by atoms with Crippen molar-refractivity contribution in [1.82, 2.24) is 25.3 Å². The summed E-state index contributed by atoms with van der Waals surface area (Å²) in [5.41, 5.74) is 9.48. The Labute approximate surface area is 182 Å². The molecule has 4 heterocycles. The fraction of sp³-hybridized carbons (Fsp3) is 0.217. The largest absolute Gasteiger partial charge is 0.383 e. The monoisotopic (exact) mass is 417 g/mol. The molecule has 0 unspecified atom stereocenters. The molecule has 1 aromatic carbocycles. The number of nitrogens with one attached hydrogen (secondary N) is 2. The zero-order valence-corrected chi connectivity index (χ0v) is 17.0. The summed E-state index contributed by atoms with van der Waals surface area (Å²) in [6.45, 7) is 3.56. The number of hydrogen-bond donors (Lipinski definition) is 3. The molecule has 160 valence electrons. The van der Waals surface area contributed by atoms with Crippen LogP contribution in [0.3, 0.4) is 0 Å². The lowest BCUT2D eigenvalue weighted by Gasteiger charge is -2.20. The standard InChI is InChI=1S/C23H23N7O.2H2/c24-23-17(10-15(11-28-23)18-12-27-19-5-2-1-4-16(18)19)22(31)20-13-26-14-21(29-20)30-8-3-6-25-7-9-30;;/h1-2,4-5,10-14,25,27H,3,6-9H2,(H2,24,28);2*1H. The summed E-state index contributed by atoms with van der Waals surface area (Å²) < 4.78 is 0. The van der Waals surface area contributed by atoms with Crippen LogP contribution in [0.2, 0.25) is 0 Å². The molecule has 1 saturated heterocycles. The molecule has 8 heteroatoms. The highest BCUT2D eigenvalue weighted by atomic mass is 16.1. The van der Waals surface area contributed by atoms with E-state index < -0.39 is 0 Å². The van der Waals surface area contributed by atoms with Gasteiger partial charge in [0, 0.05) is 56.9 Å². The van der Waals surface area contributed by atoms with E-state index in [0.29, 0.717) is 11.4 Å². The number of nitrogen functional groups attached to an aromatic ring is 1. The second kappa shape index (κ2) is 8.16. The van der Waals surface area contributed by atoms with Crippen LogP contribution in [0.1, 0.15) is 25.3 Å². The van der Waals surface area contributed by atoms with Crippen molar-refractivity contribution in [2.24, 2.45) is 0 Å². The third-order valence-electron chi connectivity index (χ3n) is 5.58. The van der Waals surface area contributed by atoms with Gasteiger partial charge in [0.05, 0.1) is 18.0 Å². The maximum Gasteiger partial charge on any atom is 0.216 e. The number of benzene rings is 1. The van der Waals surface area contributed by atoms with Crippen molar-refractivity contribution in [3.05, 3.63) is 66.4 Å². The summed E-state index contributed by atoms with van der Waals surface area (Å²) in [6.07, 6.45) is 7.81. The number of aromatic nitrogens is 4. The minimum Gasteiger partial charge on any atom is -0.383 e. The van der Waals surface area contributed by atoms with Gasteiger partial charge in [-0.25, -0.2) is 9.97 Å². The SMILES string of the molecule is Nc1ncc(-c2c[nH]c3ccccc23)cc1C(=O)c1cncc(N2CCCNCC2)n1.[HH].[HH]. The highest BCUT2D eigenvalue weighted by Gasteiger charge is 2.19. The molecule has 0 radical (unpaired) electrons. The minimum absolute atomic E-state index is 0. The molecule has 5 rings (SSSR count). The maximum atomic E-state index is 13.3. The smallest absolute Gasteiger partial charge is 0.216 e. The van der Waals surface area contributed by atoms with Crippen molar-refractivity contribution in [2.45, 2.75) is 6.42 Å². The Kier molecular flexibility index (Phi) is 5.05. The van der Waals surface area contributed by atoms with E-state index in [-0.39, 0.29) is 20.1 Å². The molecular weight excluding hydrogens is 390 g/mol. The summed E-state index contributed by atoms with van der Waals surface area (Å²) in [5.74, 6) is 0.600. The first-order valence-corrected chi connectivity index (χ1v) is 10.3. The molecule has 1 aliphatic heterocycles. The topological polar surface area (TPSA) is 113 Å². The van der Waals surface area contributed by atoms with Crippen LogP contribution in [-0.4, -0.2) is 51.9 Å². The molecule has 1 fully saturated rings. The second-order valence-corrected chi connectivity index (χ2v) is 7.59. The lowest BCUT2D eigenvalue weighted by Crippen LogP contribution is -2.29. The molecule has 0 atom stereocenters. The van der Waals surface area contributed by atoms with E-state index >= 15 is 0 Å². The van der Waals surface area contributed by atoms with Crippen molar-refractivity contribution in [3.63, 3.8) is 0 Å². The van der Waals surface area contributed by atoms with Crippen LogP contribution in [0.4, 0.5) is 11.6 Å². The van der Waals surface area contributed by atoms with E-state index in [1.54, 1.807) is 18.5 Å². The van der Waals surface area contributed by atoms with E-state index in [1.807, 2.05) is 30.5 Å². The average Bonchev–Trinajstić information content (AvgIpc) is 3.05. The maximum absolute atomic E-state index is 13.3. The van der Waals surface area contributed by atoms with Crippen molar-refractivity contribution >= 4 is 28.3 Å². The third kappa shape index (κ3) is 3.73. The van der Waals surface area contributed by atoms with Crippen molar-refractivity contribution in [2.75, 3.05) is 36.8 Å². The Morgan fingerprint density at radius 3 is 2.97 bits per heavy atom. The van der Waals surface area contributed by atoms with Crippen LogP contribution in [0, 0.1) is 0 Å². The summed E-state index contributed by atoms with van der Waals surface area (Å²) in [6, 6.07) is 9.78. The average molecular weight is 418 g/mol.